The van der Waals surface area contributed by atoms with Crippen LogP contribution < -0.4 is 5.32 Å². The standard InChI is InChI=1S/C17H23N3OS/c1-4-14(5-2)19-16(21)12-22-17-18-10-11-20(17)15-9-7-6-8-13(15)3/h6-11,14H,4-5,12H2,1-3H3,(H,19,21). The average molecular weight is 317 g/mol. The molecule has 0 atom stereocenters. The summed E-state index contributed by atoms with van der Waals surface area (Å²) in [7, 11) is 0. The molecule has 2 rings (SSSR count). The van der Waals surface area contributed by atoms with Gasteiger partial charge in [0.2, 0.25) is 5.91 Å². The Balaban J connectivity index is 2.02. The summed E-state index contributed by atoms with van der Waals surface area (Å²) in [5, 5.41) is 3.89. The zero-order chi connectivity index (χ0) is 15.9. The number of carbonyl (C=O) groups is 1. The maximum absolute atomic E-state index is 12.0. The highest BCUT2D eigenvalue weighted by atomic mass is 32.2. The van der Waals surface area contributed by atoms with Gasteiger partial charge in [0.1, 0.15) is 0 Å². The molecule has 0 fully saturated rings. The van der Waals surface area contributed by atoms with Crippen LogP contribution in [0, 0.1) is 6.92 Å². The van der Waals surface area contributed by atoms with Crippen LogP contribution in [0.1, 0.15) is 32.3 Å². The third kappa shape index (κ3) is 4.13. The van der Waals surface area contributed by atoms with E-state index < -0.39 is 0 Å². The first kappa shape index (κ1) is 16.6. The Morgan fingerprint density at radius 2 is 2.05 bits per heavy atom. The lowest BCUT2D eigenvalue weighted by Crippen LogP contribution is -2.35. The van der Waals surface area contributed by atoms with Crippen LogP contribution in [0.3, 0.4) is 0 Å². The van der Waals surface area contributed by atoms with Crippen molar-refractivity contribution in [2.24, 2.45) is 0 Å². The van der Waals surface area contributed by atoms with Crippen molar-refractivity contribution >= 4 is 17.7 Å². The maximum atomic E-state index is 12.0. The number of amides is 1. The molecule has 118 valence electrons. The number of aryl methyl sites for hydroxylation is 1. The number of nitrogens with one attached hydrogen (secondary N) is 1. The molecule has 0 aliphatic heterocycles. The molecule has 4 nitrogen and oxygen atoms in total. The fraction of sp³-hybridized carbons (Fsp3) is 0.412. The van der Waals surface area contributed by atoms with Gasteiger partial charge in [-0.15, -0.1) is 0 Å². The van der Waals surface area contributed by atoms with Crippen molar-refractivity contribution in [1.29, 1.82) is 0 Å². The highest BCUT2D eigenvalue weighted by Crippen LogP contribution is 2.22. The Kier molecular flexibility index (Phi) is 6.07. The molecular weight excluding hydrogens is 294 g/mol. The number of hydrogen-bond donors (Lipinski definition) is 1. The summed E-state index contributed by atoms with van der Waals surface area (Å²) in [4.78, 5) is 16.4. The lowest BCUT2D eigenvalue weighted by Gasteiger charge is -2.14. The molecule has 0 unspecified atom stereocenters. The second kappa shape index (κ2) is 8.03. The van der Waals surface area contributed by atoms with Gasteiger partial charge in [-0.2, -0.15) is 0 Å². The van der Waals surface area contributed by atoms with Crippen LogP contribution in [0.5, 0.6) is 0 Å². The van der Waals surface area contributed by atoms with Gasteiger partial charge >= 0.3 is 0 Å². The van der Waals surface area contributed by atoms with Crippen LogP contribution in [-0.2, 0) is 4.79 Å². The van der Waals surface area contributed by atoms with E-state index in [0.717, 1.165) is 23.7 Å². The molecule has 1 aromatic carbocycles. The van der Waals surface area contributed by atoms with E-state index in [1.165, 1.54) is 17.3 Å². The summed E-state index contributed by atoms with van der Waals surface area (Å²) < 4.78 is 2.03. The monoisotopic (exact) mass is 317 g/mol. The van der Waals surface area contributed by atoms with Gasteiger partial charge < -0.3 is 5.32 Å². The molecule has 22 heavy (non-hydrogen) atoms. The van der Waals surface area contributed by atoms with E-state index in [-0.39, 0.29) is 11.9 Å². The Morgan fingerprint density at radius 1 is 1.32 bits per heavy atom. The quantitative estimate of drug-likeness (QED) is 0.794. The van der Waals surface area contributed by atoms with E-state index in [2.05, 4.69) is 43.2 Å². The largest absolute Gasteiger partial charge is 0.353 e. The zero-order valence-corrected chi connectivity index (χ0v) is 14.2. The van der Waals surface area contributed by atoms with Crippen LogP contribution >= 0.6 is 11.8 Å². The Hall–Kier alpha value is -1.75. The minimum atomic E-state index is 0.0676. The zero-order valence-electron chi connectivity index (χ0n) is 13.4. The summed E-state index contributed by atoms with van der Waals surface area (Å²) in [5.41, 5.74) is 2.28. The number of para-hydroxylation sites is 1. The minimum absolute atomic E-state index is 0.0676. The van der Waals surface area contributed by atoms with Gasteiger partial charge in [-0.1, -0.05) is 43.8 Å². The summed E-state index contributed by atoms with van der Waals surface area (Å²) in [5.74, 6) is 0.456. The number of imidazole rings is 1. The van der Waals surface area contributed by atoms with Crippen LogP contribution in [0.4, 0.5) is 0 Å². The molecule has 1 amide bonds. The van der Waals surface area contributed by atoms with Crippen LogP contribution in [0.2, 0.25) is 0 Å². The van der Waals surface area contributed by atoms with Crippen molar-refractivity contribution in [1.82, 2.24) is 14.9 Å². The molecule has 0 saturated heterocycles. The minimum Gasteiger partial charge on any atom is -0.353 e. The topological polar surface area (TPSA) is 46.9 Å². The maximum Gasteiger partial charge on any atom is 0.230 e. The lowest BCUT2D eigenvalue weighted by atomic mass is 10.2. The molecule has 5 heteroatoms. The Labute approximate surface area is 136 Å². The second-order valence-corrected chi connectivity index (χ2v) is 6.18. The van der Waals surface area contributed by atoms with Crippen molar-refractivity contribution in [3.63, 3.8) is 0 Å². The molecular formula is C17H23N3OS. The number of rotatable bonds is 7. The van der Waals surface area contributed by atoms with Crippen LogP contribution in [0.15, 0.2) is 41.8 Å². The SMILES string of the molecule is CCC(CC)NC(=O)CSc1nccn1-c1ccccc1C. The van der Waals surface area contributed by atoms with E-state index >= 15 is 0 Å². The van der Waals surface area contributed by atoms with Gasteiger partial charge in [0.05, 0.1) is 11.4 Å². The van der Waals surface area contributed by atoms with Crippen molar-refractivity contribution in [3.8, 4) is 5.69 Å². The van der Waals surface area contributed by atoms with Crippen LogP contribution in [-0.4, -0.2) is 27.3 Å². The summed E-state index contributed by atoms with van der Waals surface area (Å²) in [6.45, 7) is 6.25. The van der Waals surface area contributed by atoms with Crippen molar-refractivity contribution in [2.75, 3.05) is 5.75 Å². The first-order valence-corrected chi connectivity index (χ1v) is 8.65. The number of thioether (sulfide) groups is 1. The van der Waals surface area contributed by atoms with E-state index in [1.54, 1.807) is 6.20 Å². The number of aromatic nitrogens is 2. The molecule has 0 aliphatic rings. The van der Waals surface area contributed by atoms with E-state index in [0.29, 0.717) is 5.75 Å². The normalized spacial score (nSPS) is 10.9. The summed E-state index contributed by atoms with van der Waals surface area (Å²) >= 11 is 1.47. The Bertz CT molecular complexity index is 620. The van der Waals surface area contributed by atoms with E-state index in [4.69, 9.17) is 0 Å². The highest BCUT2D eigenvalue weighted by molar-refractivity contribution is 7.99. The number of carbonyl (C=O) groups excluding carboxylic acids is 1. The third-order valence-corrected chi connectivity index (χ3v) is 4.63. The molecule has 1 N–H and O–H groups in total. The summed E-state index contributed by atoms with van der Waals surface area (Å²) in [6.07, 6.45) is 5.63. The van der Waals surface area contributed by atoms with Crippen molar-refractivity contribution in [2.45, 2.75) is 44.8 Å². The smallest absolute Gasteiger partial charge is 0.230 e. The predicted molar refractivity (Wildman–Crippen MR) is 91.5 cm³/mol. The summed E-state index contributed by atoms with van der Waals surface area (Å²) in [6, 6.07) is 8.43. The first-order valence-electron chi connectivity index (χ1n) is 7.67. The van der Waals surface area contributed by atoms with E-state index in [9.17, 15) is 4.79 Å². The average Bonchev–Trinajstić information content (AvgIpc) is 2.99. The molecule has 2 aromatic rings. The molecule has 1 heterocycles. The molecule has 1 aromatic heterocycles. The molecule has 0 radical (unpaired) electrons. The number of nitrogens with zero attached hydrogens (tertiary/aromatic N) is 2. The predicted octanol–water partition coefficient (Wildman–Crippen LogP) is 3.58. The Morgan fingerprint density at radius 3 is 2.73 bits per heavy atom. The lowest BCUT2D eigenvalue weighted by molar-refractivity contribution is -0.119. The number of hydrogen-bond acceptors (Lipinski definition) is 3. The van der Waals surface area contributed by atoms with Gasteiger partial charge in [-0.05, 0) is 31.4 Å². The van der Waals surface area contributed by atoms with Crippen LogP contribution in [0.25, 0.3) is 5.69 Å². The molecule has 0 bridgehead atoms. The third-order valence-electron chi connectivity index (χ3n) is 3.66. The van der Waals surface area contributed by atoms with Gasteiger partial charge in [0.15, 0.2) is 5.16 Å². The van der Waals surface area contributed by atoms with E-state index in [1.807, 2.05) is 22.9 Å². The van der Waals surface area contributed by atoms with Crippen molar-refractivity contribution < 1.29 is 4.79 Å². The molecule has 0 aliphatic carbocycles. The van der Waals surface area contributed by atoms with Gasteiger partial charge in [-0.3, -0.25) is 9.36 Å². The fourth-order valence-corrected chi connectivity index (χ4v) is 3.08. The highest BCUT2D eigenvalue weighted by Gasteiger charge is 2.12. The molecule has 0 saturated carbocycles. The van der Waals surface area contributed by atoms with Crippen molar-refractivity contribution in [3.05, 3.63) is 42.2 Å². The van der Waals surface area contributed by atoms with Gasteiger partial charge in [-0.25, -0.2) is 4.98 Å². The van der Waals surface area contributed by atoms with Gasteiger partial charge in [0, 0.05) is 18.4 Å². The molecule has 0 spiro atoms. The van der Waals surface area contributed by atoms with Gasteiger partial charge in [0.25, 0.3) is 0 Å². The first-order chi connectivity index (χ1) is 10.7. The second-order valence-electron chi connectivity index (χ2n) is 5.24. The fourth-order valence-electron chi connectivity index (χ4n) is 2.31. The number of benzene rings is 1.